The number of rotatable bonds is 5. The maximum atomic E-state index is 12.9. The van der Waals surface area contributed by atoms with Crippen LogP contribution in [-0.2, 0) is 19.6 Å². The zero-order valence-corrected chi connectivity index (χ0v) is 17.9. The summed E-state index contributed by atoms with van der Waals surface area (Å²) in [4.78, 5) is 28.0. The first kappa shape index (κ1) is 21.6. The lowest BCUT2D eigenvalue weighted by molar-refractivity contribution is -0.141. The molecule has 3 rings (SSSR count). The van der Waals surface area contributed by atoms with E-state index in [0.717, 1.165) is 0 Å². The van der Waals surface area contributed by atoms with Gasteiger partial charge in [0.2, 0.25) is 21.8 Å². The fourth-order valence-corrected chi connectivity index (χ4v) is 5.29. The van der Waals surface area contributed by atoms with Crippen LogP contribution in [0.5, 0.6) is 5.75 Å². The standard InChI is InChI=1S/C20H29N3O5S/c1-3-28-18-4-6-19(7-5-18)29(26,27)23-14-12-22(13-15-23)20(25)17-8-10-21(11-9-17)16(2)24/h4-7,17H,3,8-15H2,1-2H3. The summed E-state index contributed by atoms with van der Waals surface area (Å²) in [5.74, 6) is 0.674. The smallest absolute Gasteiger partial charge is 0.243 e. The van der Waals surface area contributed by atoms with Crippen LogP contribution < -0.4 is 4.74 Å². The van der Waals surface area contributed by atoms with Crippen molar-refractivity contribution in [2.45, 2.75) is 31.6 Å². The minimum Gasteiger partial charge on any atom is -0.494 e. The molecule has 2 aliphatic heterocycles. The Hall–Kier alpha value is -2.13. The van der Waals surface area contributed by atoms with Gasteiger partial charge in [-0.3, -0.25) is 9.59 Å². The van der Waals surface area contributed by atoms with Gasteiger partial charge in [-0.2, -0.15) is 4.31 Å². The van der Waals surface area contributed by atoms with E-state index in [1.54, 1.807) is 41.0 Å². The molecule has 0 spiro atoms. The zero-order chi connectivity index (χ0) is 21.0. The van der Waals surface area contributed by atoms with E-state index in [9.17, 15) is 18.0 Å². The SMILES string of the molecule is CCOc1ccc(S(=O)(=O)N2CCN(C(=O)C3CCN(C(C)=O)CC3)CC2)cc1. The molecule has 2 saturated heterocycles. The molecule has 0 aromatic heterocycles. The van der Waals surface area contributed by atoms with Crippen molar-refractivity contribution in [2.75, 3.05) is 45.9 Å². The van der Waals surface area contributed by atoms with Crippen LogP contribution in [0.1, 0.15) is 26.7 Å². The van der Waals surface area contributed by atoms with Crippen molar-refractivity contribution < 1.29 is 22.7 Å². The minimum absolute atomic E-state index is 0.0454. The number of ether oxygens (including phenoxy) is 1. The molecule has 1 aromatic rings. The van der Waals surface area contributed by atoms with Gasteiger partial charge in [-0.25, -0.2) is 8.42 Å². The maximum Gasteiger partial charge on any atom is 0.243 e. The van der Waals surface area contributed by atoms with E-state index in [-0.39, 0.29) is 35.7 Å². The highest BCUT2D eigenvalue weighted by atomic mass is 32.2. The largest absolute Gasteiger partial charge is 0.494 e. The van der Waals surface area contributed by atoms with Gasteiger partial charge in [0.15, 0.2) is 0 Å². The molecule has 9 heteroatoms. The number of piperazine rings is 1. The van der Waals surface area contributed by atoms with Crippen molar-refractivity contribution in [3.05, 3.63) is 24.3 Å². The lowest BCUT2D eigenvalue weighted by atomic mass is 9.95. The zero-order valence-electron chi connectivity index (χ0n) is 17.0. The summed E-state index contributed by atoms with van der Waals surface area (Å²) in [5, 5.41) is 0. The second-order valence-electron chi connectivity index (χ2n) is 7.41. The lowest BCUT2D eigenvalue weighted by Crippen LogP contribution is -2.53. The molecule has 0 saturated carbocycles. The number of hydrogen-bond acceptors (Lipinski definition) is 5. The van der Waals surface area contributed by atoms with Crippen LogP contribution in [0.4, 0.5) is 0 Å². The van der Waals surface area contributed by atoms with Crippen LogP contribution >= 0.6 is 0 Å². The Kier molecular flexibility index (Phi) is 6.79. The molecular weight excluding hydrogens is 394 g/mol. The summed E-state index contributed by atoms with van der Waals surface area (Å²) in [6.45, 7) is 6.51. The molecule has 0 atom stereocenters. The van der Waals surface area contributed by atoms with Gasteiger partial charge in [0.05, 0.1) is 11.5 Å². The van der Waals surface area contributed by atoms with E-state index in [2.05, 4.69) is 0 Å². The van der Waals surface area contributed by atoms with E-state index in [1.807, 2.05) is 6.92 Å². The molecule has 2 fully saturated rings. The minimum atomic E-state index is -3.59. The molecule has 0 unspecified atom stereocenters. The van der Waals surface area contributed by atoms with Gasteiger partial charge in [-0.05, 0) is 44.0 Å². The average Bonchev–Trinajstić information content (AvgIpc) is 2.74. The molecule has 0 radical (unpaired) electrons. The summed E-state index contributed by atoms with van der Waals surface area (Å²) in [5.41, 5.74) is 0. The molecule has 0 aliphatic carbocycles. The van der Waals surface area contributed by atoms with Gasteiger partial charge in [0.25, 0.3) is 0 Å². The van der Waals surface area contributed by atoms with Crippen molar-refractivity contribution in [3.63, 3.8) is 0 Å². The molecule has 8 nitrogen and oxygen atoms in total. The number of nitrogens with zero attached hydrogens (tertiary/aromatic N) is 3. The average molecular weight is 424 g/mol. The molecule has 0 bridgehead atoms. The van der Waals surface area contributed by atoms with E-state index >= 15 is 0 Å². The van der Waals surface area contributed by atoms with E-state index < -0.39 is 10.0 Å². The van der Waals surface area contributed by atoms with Gasteiger partial charge in [-0.1, -0.05) is 0 Å². The van der Waals surface area contributed by atoms with Crippen molar-refractivity contribution in [2.24, 2.45) is 5.92 Å². The number of amides is 2. The Labute approximate surface area is 172 Å². The second kappa shape index (κ2) is 9.13. The number of carbonyl (C=O) groups excluding carboxylic acids is 2. The van der Waals surface area contributed by atoms with Crippen LogP contribution in [0.15, 0.2) is 29.2 Å². The summed E-state index contributed by atoms with van der Waals surface area (Å²) < 4.78 is 32.6. The first-order valence-electron chi connectivity index (χ1n) is 10.1. The van der Waals surface area contributed by atoms with Gasteiger partial charge < -0.3 is 14.5 Å². The molecular formula is C20H29N3O5S. The highest BCUT2D eigenvalue weighted by Crippen LogP contribution is 2.23. The van der Waals surface area contributed by atoms with Crippen molar-refractivity contribution in [1.29, 1.82) is 0 Å². The van der Waals surface area contributed by atoms with Crippen molar-refractivity contribution in [1.82, 2.24) is 14.1 Å². The van der Waals surface area contributed by atoms with Crippen LogP contribution in [0.2, 0.25) is 0 Å². The highest BCUT2D eigenvalue weighted by Gasteiger charge is 2.34. The number of piperidine rings is 1. The summed E-state index contributed by atoms with van der Waals surface area (Å²) in [6, 6.07) is 6.43. The summed E-state index contributed by atoms with van der Waals surface area (Å²) >= 11 is 0. The molecule has 2 aliphatic rings. The maximum absolute atomic E-state index is 12.9. The van der Waals surface area contributed by atoms with Crippen LogP contribution in [-0.4, -0.2) is 80.2 Å². The van der Waals surface area contributed by atoms with E-state index in [4.69, 9.17) is 4.74 Å². The van der Waals surface area contributed by atoms with Crippen LogP contribution in [0.25, 0.3) is 0 Å². The van der Waals surface area contributed by atoms with Crippen LogP contribution in [0, 0.1) is 5.92 Å². The third kappa shape index (κ3) is 4.90. The first-order valence-corrected chi connectivity index (χ1v) is 11.5. The molecule has 2 amide bonds. The van der Waals surface area contributed by atoms with E-state index in [1.165, 1.54) is 4.31 Å². The second-order valence-corrected chi connectivity index (χ2v) is 9.35. The normalized spacial score (nSPS) is 19.2. The number of likely N-dealkylation sites (tertiary alicyclic amines) is 1. The number of benzene rings is 1. The third-order valence-corrected chi connectivity index (χ3v) is 7.53. The lowest BCUT2D eigenvalue weighted by Gasteiger charge is -2.38. The van der Waals surface area contributed by atoms with Crippen LogP contribution in [0.3, 0.4) is 0 Å². The molecule has 1 aromatic carbocycles. The molecule has 0 N–H and O–H groups in total. The number of hydrogen-bond donors (Lipinski definition) is 0. The molecule has 29 heavy (non-hydrogen) atoms. The highest BCUT2D eigenvalue weighted by molar-refractivity contribution is 7.89. The first-order chi connectivity index (χ1) is 13.8. The Morgan fingerprint density at radius 3 is 2.07 bits per heavy atom. The van der Waals surface area contributed by atoms with Gasteiger partial charge in [-0.15, -0.1) is 0 Å². The van der Waals surface area contributed by atoms with Crippen molar-refractivity contribution >= 4 is 21.8 Å². The Bertz CT molecular complexity index is 824. The van der Waals surface area contributed by atoms with Gasteiger partial charge >= 0.3 is 0 Å². The monoisotopic (exact) mass is 423 g/mol. The fraction of sp³-hybridized carbons (Fsp3) is 0.600. The Morgan fingerprint density at radius 2 is 1.55 bits per heavy atom. The Morgan fingerprint density at radius 1 is 0.966 bits per heavy atom. The summed E-state index contributed by atoms with van der Waals surface area (Å²) in [6.07, 6.45) is 1.34. The topological polar surface area (TPSA) is 87.2 Å². The molecule has 2 heterocycles. The molecule has 160 valence electrons. The number of carbonyl (C=O) groups is 2. The predicted molar refractivity (Wildman–Crippen MR) is 108 cm³/mol. The van der Waals surface area contributed by atoms with Gasteiger partial charge in [0.1, 0.15) is 5.75 Å². The third-order valence-electron chi connectivity index (χ3n) is 5.61. The fourth-order valence-electron chi connectivity index (χ4n) is 3.87. The van der Waals surface area contributed by atoms with Crippen molar-refractivity contribution in [3.8, 4) is 5.75 Å². The summed E-state index contributed by atoms with van der Waals surface area (Å²) in [7, 11) is -3.59. The van der Waals surface area contributed by atoms with Gasteiger partial charge in [0, 0.05) is 52.1 Å². The number of sulfonamides is 1. The predicted octanol–water partition coefficient (Wildman–Crippen LogP) is 1.18. The van der Waals surface area contributed by atoms with E-state index in [0.29, 0.717) is 51.4 Å². The quantitative estimate of drug-likeness (QED) is 0.710. The Balaban J connectivity index is 1.55.